The normalized spacial score (nSPS) is 10.1. The van der Waals surface area contributed by atoms with Crippen LogP contribution in [0.15, 0.2) is 48.5 Å². The van der Waals surface area contributed by atoms with Gasteiger partial charge in [0.05, 0.1) is 10.6 Å². The van der Waals surface area contributed by atoms with Crippen LogP contribution >= 0.6 is 11.6 Å². The van der Waals surface area contributed by atoms with Crippen LogP contribution in [0.5, 0.6) is 0 Å². The van der Waals surface area contributed by atoms with Crippen LogP contribution in [0.4, 0.5) is 0 Å². The van der Waals surface area contributed by atoms with E-state index in [0.717, 1.165) is 5.56 Å². The summed E-state index contributed by atoms with van der Waals surface area (Å²) in [5, 5.41) is 0.351. The SMILES string of the molecule is Cc1ccccc1C(=O)OCC(=O)c1ccccc1Cl. The number of carbonyl (C=O) groups is 2. The molecule has 0 spiro atoms. The molecule has 0 atom stereocenters. The molecule has 0 aliphatic heterocycles. The third kappa shape index (κ3) is 3.25. The summed E-state index contributed by atoms with van der Waals surface area (Å²) < 4.78 is 5.03. The van der Waals surface area contributed by atoms with Gasteiger partial charge in [0.25, 0.3) is 0 Å². The molecule has 0 saturated carbocycles. The van der Waals surface area contributed by atoms with Crippen molar-refractivity contribution < 1.29 is 14.3 Å². The van der Waals surface area contributed by atoms with E-state index in [9.17, 15) is 9.59 Å². The van der Waals surface area contributed by atoms with Gasteiger partial charge in [-0.2, -0.15) is 0 Å². The van der Waals surface area contributed by atoms with Crippen molar-refractivity contribution in [2.75, 3.05) is 6.61 Å². The Balaban J connectivity index is 2.03. The number of hydrogen-bond donors (Lipinski definition) is 0. The molecule has 0 bridgehead atoms. The van der Waals surface area contributed by atoms with Gasteiger partial charge in [-0.1, -0.05) is 41.9 Å². The summed E-state index contributed by atoms with van der Waals surface area (Å²) >= 11 is 5.92. The predicted molar refractivity (Wildman–Crippen MR) is 77.2 cm³/mol. The highest BCUT2D eigenvalue weighted by Crippen LogP contribution is 2.16. The molecule has 20 heavy (non-hydrogen) atoms. The number of ether oxygens (including phenoxy) is 1. The molecule has 0 amide bonds. The summed E-state index contributed by atoms with van der Waals surface area (Å²) in [7, 11) is 0. The fraction of sp³-hybridized carbons (Fsp3) is 0.125. The van der Waals surface area contributed by atoms with Gasteiger partial charge < -0.3 is 4.74 Å². The summed E-state index contributed by atoms with van der Waals surface area (Å²) in [6.45, 7) is 1.49. The second kappa shape index (κ2) is 6.35. The van der Waals surface area contributed by atoms with Crippen molar-refractivity contribution in [2.24, 2.45) is 0 Å². The lowest BCUT2D eigenvalue weighted by molar-refractivity contribution is 0.0474. The number of carbonyl (C=O) groups excluding carboxylic acids is 2. The van der Waals surface area contributed by atoms with E-state index in [1.165, 1.54) is 0 Å². The molecular formula is C16H13ClO3. The first kappa shape index (κ1) is 14.3. The Morgan fingerprint density at radius 3 is 2.25 bits per heavy atom. The van der Waals surface area contributed by atoms with Crippen LogP contribution in [0, 0.1) is 6.92 Å². The third-order valence-corrected chi connectivity index (χ3v) is 3.20. The minimum atomic E-state index is -0.511. The zero-order valence-electron chi connectivity index (χ0n) is 10.9. The van der Waals surface area contributed by atoms with Crippen LogP contribution in [0.25, 0.3) is 0 Å². The van der Waals surface area contributed by atoms with Crippen LogP contribution in [0.3, 0.4) is 0 Å². The number of esters is 1. The average Bonchev–Trinajstić information content (AvgIpc) is 2.45. The first-order valence-corrected chi connectivity index (χ1v) is 6.48. The van der Waals surface area contributed by atoms with Gasteiger partial charge in [0.1, 0.15) is 0 Å². The van der Waals surface area contributed by atoms with Crippen molar-refractivity contribution in [3.05, 3.63) is 70.2 Å². The molecule has 3 nitrogen and oxygen atoms in total. The highest BCUT2D eigenvalue weighted by Gasteiger charge is 2.14. The molecule has 102 valence electrons. The molecule has 4 heteroatoms. The molecule has 0 aliphatic carbocycles. The van der Waals surface area contributed by atoms with Crippen molar-refractivity contribution in [3.63, 3.8) is 0 Å². The molecule has 0 unspecified atom stereocenters. The maximum Gasteiger partial charge on any atom is 0.338 e. The number of hydrogen-bond acceptors (Lipinski definition) is 3. The lowest BCUT2D eigenvalue weighted by Crippen LogP contribution is -2.15. The summed E-state index contributed by atoms with van der Waals surface area (Å²) in [6.07, 6.45) is 0. The highest BCUT2D eigenvalue weighted by atomic mass is 35.5. The Morgan fingerprint density at radius 2 is 1.60 bits per heavy atom. The second-order valence-corrected chi connectivity index (χ2v) is 4.70. The molecule has 0 saturated heterocycles. The Bertz CT molecular complexity index is 592. The van der Waals surface area contributed by atoms with Crippen LogP contribution in [0.2, 0.25) is 5.02 Å². The van der Waals surface area contributed by atoms with Gasteiger partial charge in [-0.05, 0) is 30.7 Å². The number of Topliss-reactive ketones (excluding diaryl/α,β-unsaturated/α-hetero) is 1. The van der Waals surface area contributed by atoms with E-state index >= 15 is 0 Å². The standard InChI is InChI=1S/C16H13ClO3/c1-11-6-2-3-7-12(11)16(19)20-10-15(18)13-8-4-5-9-14(13)17/h2-9H,10H2,1H3. The quantitative estimate of drug-likeness (QED) is 0.636. The first-order valence-electron chi connectivity index (χ1n) is 6.10. The maximum absolute atomic E-state index is 11.9. The fourth-order valence-electron chi connectivity index (χ4n) is 1.78. The van der Waals surface area contributed by atoms with E-state index in [0.29, 0.717) is 16.1 Å². The maximum atomic E-state index is 11.9. The summed E-state index contributed by atoms with van der Waals surface area (Å²) in [5.41, 5.74) is 1.62. The predicted octanol–water partition coefficient (Wildman–Crippen LogP) is 3.69. The lowest BCUT2D eigenvalue weighted by atomic mass is 10.1. The van der Waals surface area contributed by atoms with Crippen molar-refractivity contribution in [1.29, 1.82) is 0 Å². The lowest BCUT2D eigenvalue weighted by Gasteiger charge is -2.07. The zero-order chi connectivity index (χ0) is 14.5. The Labute approximate surface area is 122 Å². The molecule has 0 N–H and O–H groups in total. The van der Waals surface area contributed by atoms with Crippen molar-refractivity contribution in [3.8, 4) is 0 Å². The molecule has 0 aromatic heterocycles. The molecule has 2 aromatic carbocycles. The number of ketones is 1. The smallest absolute Gasteiger partial charge is 0.338 e. The van der Waals surface area contributed by atoms with Gasteiger partial charge in [0.2, 0.25) is 5.78 Å². The van der Waals surface area contributed by atoms with E-state index < -0.39 is 5.97 Å². The van der Waals surface area contributed by atoms with Crippen LogP contribution < -0.4 is 0 Å². The summed E-state index contributed by atoms with van der Waals surface area (Å²) in [6, 6.07) is 13.7. The Morgan fingerprint density at radius 1 is 1.00 bits per heavy atom. The first-order chi connectivity index (χ1) is 9.59. The molecule has 0 heterocycles. The minimum Gasteiger partial charge on any atom is -0.454 e. The van der Waals surface area contributed by atoms with E-state index in [2.05, 4.69) is 0 Å². The molecule has 0 radical (unpaired) electrons. The van der Waals surface area contributed by atoms with Crippen molar-refractivity contribution >= 4 is 23.4 Å². The van der Waals surface area contributed by atoms with E-state index in [1.807, 2.05) is 19.1 Å². The number of aryl methyl sites for hydroxylation is 1. The zero-order valence-corrected chi connectivity index (χ0v) is 11.7. The van der Waals surface area contributed by atoms with Crippen LogP contribution in [-0.2, 0) is 4.74 Å². The second-order valence-electron chi connectivity index (χ2n) is 4.29. The highest BCUT2D eigenvalue weighted by molar-refractivity contribution is 6.34. The Kier molecular flexibility index (Phi) is 4.53. The van der Waals surface area contributed by atoms with Gasteiger partial charge in [-0.25, -0.2) is 4.79 Å². The molecule has 0 fully saturated rings. The van der Waals surface area contributed by atoms with Crippen LogP contribution in [-0.4, -0.2) is 18.4 Å². The monoisotopic (exact) mass is 288 g/mol. The molecule has 0 aliphatic rings. The number of halogens is 1. The summed E-state index contributed by atoms with van der Waals surface area (Å²) in [5.74, 6) is -0.832. The van der Waals surface area contributed by atoms with Gasteiger partial charge in [-0.15, -0.1) is 0 Å². The van der Waals surface area contributed by atoms with Gasteiger partial charge in [-0.3, -0.25) is 4.79 Å². The summed E-state index contributed by atoms with van der Waals surface area (Å²) in [4.78, 5) is 23.8. The topological polar surface area (TPSA) is 43.4 Å². The van der Waals surface area contributed by atoms with Crippen molar-refractivity contribution in [2.45, 2.75) is 6.92 Å². The molecular weight excluding hydrogens is 276 g/mol. The number of benzene rings is 2. The molecule has 2 rings (SSSR count). The van der Waals surface area contributed by atoms with Crippen LogP contribution in [0.1, 0.15) is 26.3 Å². The third-order valence-electron chi connectivity index (χ3n) is 2.87. The average molecular weight is 289 g/mol. The van der Waals surface area contributed by atoms with Crippen molar-refractivity contribution in [1.82, 2.24) is 0 Å². The largest absolute Gasteiger partial charge is 0.454 e. The van der Waals surface area contributed by atoms with Gasteiger partial charge in [0.15, 0.2) is 6.61 Å². The number of rotatable bonds is 4. The Hall–Kier alpha value is -2.13. The van der Waals surface area contributed by atoms with Gasteiger partial charge in [0, 0.05) is 5.56 Å². The van der Waals surface area contributed by atoms with E-state index in [4.69, 9.17) is 16.3 Å². The molecule has 2 aromatic rings. The fourth-order valence-corrected chi connectivity index (χ4v) is 2.02. The van der Waals surface area contributed by atoms with E-state index in [1.54, 1.807) is 36.4 Å². The van der Waals surface area contributed by atoms with E-state index in [-0.39, 0.29) is 12.4 Å². The minimum absolute atomic E-state index is 0.322. The van der Waals surface area contributed by atoms with Gasteiger partial charge >= 0.3 is 5.97 Å².